The third-order valence-electron chi connectivity index (χ3n) is 3.55. The maximum absolute atomic E-state index is 9.44. The quantitative estimate of drug-likeness (QED) is 0.662. The number of aromatic nitrogens is 2. The molecular formula is C17H16N4O2S. The standard InChI is InChI=1S/C17H16N4O2S/c1-24-16-13(8-18)15(20-17(19)21-16)14-10-22-9-12(23-14)7-11-5-3-2-4-6-11/h2-3,5,9-10H,4,6-7H2,1H3,(H2,19,20,21). The number of hydrogen-bond acceptors (Lipinski definition) is 7. The SMILES string of the molecule is CSc1nc(N)nc(C2=COC=C(CC3=CC=CCC3)O2)c1C#N. The van der Waals surface area contributed by atoms with Crippen LogP contribution in [0.3, 0.4) is 0 Å². The molecule has 122 valence electrons. The van der Waals surface area contributed by atoms with Crippen molar-refractivity contribution in [2.75, 3.05) is 12.0 Å². The van der Waals surface area contributed by atoms with Gasteiger partial charge in [-0.25, -0.2) is 9.97 Å². The van der Waals surface area contributed by atoms with E-state index in [0.29, 0.717) is 34.2 Å². The van der Waals surface area contributed by atoms with E-state index >= 15 is 0 Å². The lowest BCUT2D eigenvalue weighted by Crippen LogP contribution is -2.08. The van der Waals surface area contributed by atoms with Gasteiger partial charge in [0.2, 0.25) is 5.95 Å². The third-order valence-corrected chi connectivity index (χ3v) is 4.23. The van der Waals surface area contributed by atoms with E-state index < -0.39 is 0 Å². The molecule has 0 saturated carbocycles. The van der Waals surface area contributed by atoms with Crippen LogP contribution in [0.2, 0.25) is 0 Å². The Morgan fingerprint density at radius 2 is 2.25 bits per heavy atom. The summed E-state index contributed by atoms with van der Waals surface area (Å²) in [5.41, 5.74) is 7.69. The molecule has 0 spiro atoms. The number of hydrogen-bond donors (Lipinski definition) is 1. The van der Waals surface area contributed by atoms with E-state index in [2.05, 4.69) is 28.2 Å². The van der Waals surface area contributed by atoms with Crippen LogP contribution in [0.4, 0.5) is 5.95 Å². The Balaban J connectivity index is 1.85. The van der Waals surface area contributed by atoms with Crippen molar-refractivity contribution in [3.05, 3.63) is 53.3 Å². The molecule has 3 rings (SSSR count). The smallest absolute Gasteiger partial charge is 0.221 e. The van der Waals surface area contributed by atoms with E-state index in [1.807, 2.05) is 12.3 Å². The first-order valence-electron chi connectivity index (χ1n) is 7.40. The average Bonchev–Trinajstić information content (AvgIpc) is 2.62. The molecule has 0 aromatic carbocycles. The zero-order valence-electron chi connectivity index (χ0n) is 13.2. The van der Waals surface area contributed by atoms with Crippen LogP contribution in [0.1, 0.15) is 30.5 Å². The molecule has 1 aromatic rings. The average molecular weight is 340 g/mol. The van der Waals surface area contributed by atoms with Gasteiger partial charge in [-0.1, -0.05) is 23.8 Å². The van der Waals surface area contributed by atoms with E-state index in [-0.39, 0.29) is 5.95 Å². The van der Waals surface area contributed by atoms with Gasteiger partial charge in [0.1, 0.15) is 40.6 Å². The summed E-state index contributed by atoms with van der Waals surface area (Å²) in [6.07, 6.45) is 13.8. The molecule has 7 heteroatoms. The van der Waals surface area contributed by atoms with Gasteiger partial charge in [0.15, 0.2) is 5.76 Å². The highest BCUT2D eigenvalue weighted by molar-refractivity contribution is 7.98. The van der Waals surface area contributed by atoms with Crippen molar-refractivity contribution in [3.63, 3.8) is 0 Å². The monoisotopic (exact) mass is 340 g/mol. The highest BCUT2D eigenvalue weighted by atomic mass is 32.2. The lowest BCUT2D eigenvalue weighted by Gasteiger charge is -2.19. The van der Waals surface area contributed by atoms with Crippen LogP contribution >= 0.6 is 11.8 Å². The van der Waals surface area contributed by atoms with Gasteiger partial charge >= 0.3 is 0 Å². The molecule has 0 amide bonds. The highest BCUT2D eigenvalue weighted by Gasteiger charge is 2.22. The summed E-state index contributed by atoms with van der Waals surface area (Å²) < 4.78 is 11.3. The Morgan fingerprint density at radius 1 is 1.38 bits per heavy atom. The summed E-state index contributed by atoms with van der Waals surface area (Å²) in [6, 6.07) is 2.12. The number of thioether (sulfide) groups is 1. The van der Waals surface area contributed by atoms with Gasteiger partial charge in [-0.05, 0) is 19.1 Å². The number of nitrogens with two attached hydrogens (primary N) is 1. The van der Waals surface area contributed by atoms with Crippen LogP contribution in [0, 0.1) is 11.3 Å². The molecule has 24 heavy (non-hydrogen) atoms. The highest BCUT2D eigenvalue weighted by Crippen LogP contribution is 2.31. The van der Waals surface area contributed by atoms with Gasteiger partial charge in [-0.3, -0.25) is 0 Å². The third kappa shape index (κ3) is 3.44. The van der Waals surface area contributed by atoms with Crippen molar-refractivity contribution in [2.45, 2.75) is 24.3 Å². The Hall–Kier alpha value is -2.72. The summed E-state index contributed by atoms with van der Waals surface area (Å²) in [5.74, 6) is 1.12. The molecule has 0 fully saturated rings. The summed E-state index contributed by atoms with van der Waals surface area (Å²) >= 11 is 1.33. The van der Waals surface area contributed by atoms with Crippen molar-refractivity contribution in [2.24, 2.45) is 0 Å². The van der Waals surface area contributed by atoms with Crippen molar-refractivity contribution < 1.29 is 9.47 Å². The van der Waals surface area contributed by atoms with Gasteiger partial charge in [-0.2, -0.15) is 5.26 Å². The molecule has 2 heterocycles. The lowest BCUT2D eigenvalue weighted by molar-refractivity contribution is 0.272. The molecule has 0 bridgehead atoms. The van der Waals surface area contributed by atoms with E-state index in [1.54, 1.807) is 6.26 Å². The van der Waals surface area contributed by atoms with Crippen molar-refractivity contribution in [1.82, 2.24) is 9.97 Å². The molecular weight excluding hydrogens is 324 g/mol. The molecule has 0 saturated heterocycles. The van der Waals surface area contributed by atoms with E-state index in [1.165, 1.54) is 23.6 Å². The first-order chi connectivity index (χ1) is 11.7. The normalized spacial score (nSPS) is 16.2. The number of nitrogens with zero attached hydrogens (tertiary/aromatic N) is 3. The van der Waals surface area contributed by atoms with Gasteiger partial charge in [0, 0.05) is 6.42 Å². The van der Waals surface area contributed by atoms with Crippen molar-refractivity contribution in [3.8, 4) is 6.07 Å². The minimum atomic E-state index is 0.0917. The molecule has 1 aliphatic carbocycles. The summed E-state index contributed by atoms with van der Waals surface area (Å²) in [6.45, 7) is 0. The first kappa shape index (κ1) is 16.1. The second kappa shape index (κ2) is 7.23. The number of anilines is 1. The Morgan fingerprint density at radius 3 is 2.96 bits per heavy atom. The fraction of sp³-hybridized carbons (Fsp3) is 0.235. The van der Waals surface area contributed by atoms with Crippen LogP contribution in [0.5, 0.6) is 0 Å². The van der Waals surface area contributed by atoms with Crippen LogP contribution in [0.25, 0.3) is 5.76 Å². The predicted molar refractivity (Wildman–Crippen MR) is 92.2 cm³/mol. The molecule has 1 aliphatic heterocycles. The van der Waals surface area contributed by atoms with E-state index in [0.717, 1.165) is 12.8 Å². The minimum absolute atomic E-state index is 0.0917. The Labute approximate surface area is 144 Å². The van der Waals surface area contributed by atoms with Crippen LogP contribution < -0.4 is 5.73 Å². The maximum Gasteiger partial charge on any atom is 0.221 e. The first-order valence-corrected chi connectivity index (χ1v) is 8.63. The van der Waals surface area contributed by atoms with Gasteiger partial charge < -0.3 is 15.2 Å². The second-order valence-electron chi connectivity index (χ2n) is 5.20. The van der Waals surface area contributed by atoms with Crippen molar-refractivity contribution in [1.29, 1.82) is 5.26 Å². The van der Waals surface area contributed by atoms with Crippen LogP contribution in [-0.4, -0.2) is 16.2 Å². The number of nitrogen functional groups attached to an aromatic ring is 1. The zero-order valence-corrected chi connectivity index (χ0v) is 14.0. The van der Waals surface area contributed by atoms with E-state index in [9.17, 15) is 5.26 Å². The van der Waals surface area contributed by atoms with Gasteiger partial charge in [0.25, 0.3) is 0 Å². The fourth-order valence-corrected chi connectivity index (χ4v) is 2.98. The largest absolute Gasteiger partial charge is 0.465 e. The van der Waals surface area contributed by atoms with E-state index in [4.69, 9.17) is 15.2 Å². The Kier molecular flexibility index (Phi) is 4.87. The minimum Gasteiger partial charge on any atom is -0.465 e. The molecule has 2 N–H and O–H groups in total. The van der Waals surface area contributed by atoms with Gasteiger partial charge in [0.05, 0.1) is 0 Å². The number of rotatable bonds is 4. The van der Waals surface area contributed by atoms with Gasteiger partial charge in [-0.15, -0.1) is 11.8 Å². The van der Waals surface area contributed by atoms with Crippen LogP contribution in [0.15, 0.2) is 47.1 Å². The summed E-state index contributed by atoms with van der Waals surface area (Å²) in [7, 11) is 0. The number of nitriles is 1. The molecule has 0 radical (unpaired) electrons. The molecule has 2 aliphatic rings. The summed E-state index contributed by atoms with van der Waals surface area (Å²) in [4.78, 5) is 8.24. The molecule has 1 aromatic heterocycles. The maximum atomic E-state index is 9.44. The summed E-state index contributed by atoms with van der Waals surface area (Å²) in [5, 5.41) is 9.95. The Bertz CT molecular complexity index is 819. The lowest BCUT2D eigenvalue weighted by atomic mass is 10.0. The van der Waals surface area contributed by atoms with Crippen molar-refractivity contribution >= 4 is 23.5 Å². The predicted octanol–water partition coefficient (Wildman–Crippen LogP) is 3.51. The number of allylic oxidation sites excluding steroid dienone is 4. The zero-order chi connectivity index (χ0) is 16.9. The molecule has 0 atom stereocenters. The fourth-order valence-electron chi connectivity index (χ4n) is 2.45. The molecule has 0 unspecified atom stereocenters. The van der Waals surface area contributed by atoms with Crippen LogP contribution in [-0.2, 0) is 9.47 Å². The topological polar surface area (TPSA) is 94.1 Å². The number of ether oxygens (including phenoxy) is 2. The second-order valence-corrected chi connectivity index (χ2v) is 5.99. The molecule has 6 nitrogen and oxygen atoms in total.